The first kappa shape index (κ1) is 11.3. The van der Waals surface area contributed by atoms with Crippen molar-refractivity contribution >= 4 is 41.5 Å². The molecule has 1 saturated heterocycles. The van der Waals surface area contributed by atoms with Crippen LogP contribution < -0.4 is 10.6 Å². The number of nitrogen functional groups attached to an aromatic ring is 1. The summed E-state index contributed by atoms with van der Waals surface area (Å²) in [5, 5.41) is 0. The second kappa shape index (κ2) is 4.13. The van der Waals surface area contributed by atoms with Gasteiger partial charge in [-0.05, 0) is 11.7 Å². The first-order chi connectivity index (χ1) is 8.69. The average molecular weight is 264 g/mol. The number of hydrogen-bond acceptors (Lipinski definition) is 6. The van der Waals surface area contributed by atoms with Crippen molar-refractivity contribution in [2.24, 2.45) is 5.92 Å². The Morgan fingerprint density at radius 3 is 3.11 bits per heavy atom. The molecule has 1 amide bonds. The third-order valence-corrected chi connectivity index (χ3v) is 3.52. The summed E-state index contributed by atoms with van der Waals surface area (Å²) in [4.78, 5) is 28.7. The minimum atomic E-state index is 0.0306. The monoisotopic (exact) mass is 264 g/mol. The molecule has 8 heteroatoms. The van der Waals surface area contributed by atoms with Gasteiger partial charge in [-0.1, -0.05) is 0 Å². The summed E-state index contributed by atoms with van der Waals surface area (Å²) in [5.74, 6) is 1.57. The molecule has 0 saturated carbocycles. The van der Waals surface area contributed by atoms with Crippen LogP contribution in [0.4, 0.5) is 11.8 Å². The molecule has 0 aliphatic carbocycles. The summed E-state index contributed by atoms with van der Waals surface area (Å²) < 4.78 is 0. The van der Waals surface area contributed by atoms with Crippen molar-refractivity contribution in [2.45, 2.75) is 6.42 Å². The Bertz CT molecular complexity index is 611. The number of H-pyrrole nitrogens is 1. The topological polar surface area (TPSA) is 101 Å². The van der Waals surface area contributed by atoms with E-state index in [0.717, 1.165) is 0 Å². The molecule has 18 heavy (non-hydrogen) atoms. The number of hydrogen-bond donors (Lipinski definition) is 3. The SMILES string of the molecule is Nc1nc(N2CC(CS)CC2=O)c2[nH]cnc2n1. The highest BCUT2D eigenvalue weighted by atomic mass is 32.1. The van der Waals surface area contributed by atoms with E-state index < -0.39 is 0 Å². The zero-order valence-corrected chi connectivity index (χ0v) is 10.4. The molecule has 1 aliphatic rings. The number of thiol groups is 1. The summed E-state index contributed by atoms with van der Waals surface area (Å²) in [6, 6.07) is 0. The van der Waals surface area contributed by atoms with Gasteiger partial charge >= 0.3 is 0 Å². The number of amides is 1. The number of anilines is 2. The standard InChI is InChI=1S/C10H12N6OS/c11-10-14-8-7(12-4-13-8)9(15-10)16-2-5(3-18)1-6(16)17/h4-5,18H,1-3H2,(H3,11,12,13,14,15). The van der Waals surface area contributed by atoms with Gasteiger partial charge in [0.15, 0.2) is 11.5 Å². The van der Waals surface area contributed by atoms with Gasteiger partial charge in [0.2, 0.25) is 11.9 Å². The molecule has 0 spiro atoms. The van der Waals surface area contributed by atoms with Gasteiger partial charge in [0, 0.05) is 13.0 Å². The Morgan fingerprint density at radius 1 is 1.56 bits per heavy atom. The molecular weight excluding hydrogens is 252 g/mol. The van der Waals surface area contributed by atoms with E-state index in [4.69, 9.17) is 5.73 Å². The van der Waals surface area contributed by atoms with E-state index in [1.165, 1.54) is 6.33 Å². The Balaban J connectivity index is 2.09. The number of aromatic nitrogens is 4. The summed E-state index contributed by atoms with van der Waals surface area (Å²) in [5.41, 5.74) is 6.74. The summed E-state index contributed by atoms with van der Waals surface area (Å²) in [7, 11) is 0. The lowest BCUT2D eigenvalue weighted by molar-refractivity contribution is -0.117. The molecule has 0 radical (unpaired) electrons. The number of carbonyl (C=O) groups is 1. The van der Waals surface area contributed by atoms with Crippen molar-refractivity contribution < 1.29 is 4.79 Å². The molecule has 3 heterocycles. The van der Waals surface area contributed by atoms with Gasteiger partial charge in [-0.25, -0.2) is 4.98 Å². The fraction of sp³-hybridized carbons (Fsp3) is 0.400. The van der Waals surface area contributed by atoms with E-state index in [1.54, 1.807) is 4.90 Å². The van der Waals surface area contributed by atoms with E-state index in [0.29, 0.717) is 35.7 Å². The number of rotatable bonds is 2. The molecule has 2 aromatic rings. The summed E-state index contributed by atoms with van der Waals surface area (Å²) >= 11 is 4.23. The fourth-order valence-electron chi connectivity index (χ4n) is 2.14. The first-order valence-corrected chi connectivity index (χ1v) is 6.20. The van der Waals surface area contributed by atoms with E-state index in [1.807, 2.05) is 0 Å². The zero-order valence-electron chi connectivity index (χ0n) is 9.50. The number of fused-ring (bicyclic) bond motifs is 1. The number of carbonyl (C=O) groups excluding carboxylic acids is 1. The van der Waals surface area contributed by atoms with Gasteiger partial charge in [0.25, 0.3) is 0 Å². The Morgan fingerprint density at radius 2 is 2.39 bits per heavy atom. The highest BCUT2D eigenvalue weighted by molar-refractivity contribution is 7.80. The molecular formula is C10H12N6OS. The van der Waals surface area contributed by atoms with Crippen molar-refractivity contribution in [1.82, 2.24) is 19.9 Å². The van der Waals surface area contributed by atoms with Gasteiger partial charge in [0.05, 0.1) is 6.33 Å². The molecule has 0 bridgehead atoms. The lowest BCUT2D eigenvalue weighted by atomic mass is 10.1. The van der Waals surface area contributed by atoms with Crippen LogP contribution in [-0.4, -0.2) is 38.1 Å². The lowest BCUT2D eigenvalue weighted by Crippen LogP contribution is -2.26. The highest BCUT2D eigenvalue weighted by Gasteiger charge is 2.32. The maximum absolute atomic E-state index is 12.0. The smallest absolute Gasteiger partial charge is 0.228 e. The minimum absolute atomic E-state index is 0.0306. The van der Waals surface area contributed by atoms with Gasteiger partial charge in [0.1, 0.15) is 5.52 Å². The van der Waals surface area contributed by atoms with Crippen LogP contribution in [0, 0.1) is 5.92 Å². The molecule has 2 aromatic heterocycles. The summed E-state index contributed by atoms with van der Waals surface area (Å²) in [6.07, 6.45) is 2.00. The lowest BCUT2D eigenvalue weighted by Gasteiger charge is -2.15. The average Bonchev–Trinajstić information content (AvgIpc) is 2.94. The van der Waals surface area contributed by atoms with Crippen molar-refractivity contribution in [2.75, 3.05) is 22.9 Å². The van der Waals surface area contributed by atoms with E-state index >= 15 is 0 Å². The maximum Gasteiger partial charge on any atom is 0.228 e. The van der Waals surface area contributed by atoms with E-state index in [2.05, 4.69) is 32.6 Å². The minimum Gasteiger partial charge on any atom is -0.368 e. The van der Waals surface area contributed by atoms with Crippen LogP contribution in [0.5, 0.6) is 0 Å². The Labute approximate surface area is 108 Å². The normalized spacial score (nSPS) is 19.9. The molecule has 1 fully saturated rings. The maximum atomic E-state index is 12.0. The molecule has 1 unspecified atom stereocenters. The third-order valence-electron chi connectivity index (χ3n) is 3.00. The number of nitrogens with one attached hydrogen (secondary N) is 1. The number of imidazole rings is 1. The third kappa shape index (κ3) is 1.69. The van der Waals surface area contributed by atoms with Crippen molar-refractivity contribution in [1.29, 1.82) is 0 Å². The second-order valence-electron chi connectivity index (χ2n) is 4.26. The zero-order chi connectivity index (χ0) is 12.7. The fourth-order valence-corrected chi connectivity index (χ4v) is 2.38. The predicted molar refractivity (Wildman–Crippen MR) is 70.4 cm³/mol. The second-order valence-corrected chi connectivity index (χ2v) is 4.63. The van der Waals surface area contributed by atoms with Crippen LogP contribution in [0.15, 0.2) is 6.33 Å². The van der Waals surface area contributed by atoms with Crippen LogP contribution in [0.3, 0.4) is 0 Å². The van der Waals surface area contributed by atoms with Gasteiger partial charge < -0.3 is 10.7 Å². The van der Waals surface area contributed by atoms with Gasteiger partial charge in [-0.15, -0.1) is 0 Å². The van der Waals surface area contributed by atoms with Crippen LogP contribution in [0.2, 0.25) is 0 Å². The Kier molecular flexibility index (Phi) is 2.58. The van der Waals surface area contributed by atoms with Crippen molar-refractivity contribution in [3.05, 3.63) is 6.33 Å². The molecule has 1 atom stereocenters. The molecule has 3 rings (SSSR count). The van der Waals surface area contributed by atoms with Crippen LogP contribution >= 0.6 is 12.6 Å². The van der Waals surface area contributed by atoms with Gasteiger partial charge in [-0.2, -0.15) is 22.6 Å². The largest absolute Gasteiger partial charge is 0.368 e. The van der Waals surface area contributed by atoms with E-state index in [-0.39, 0.29) is 17.8 Å². The Hall–Kier alpha value is -1.83. The molecule has 7 nitrogen and oxygen atoms in total. The highest BCUT2D eigenvalue weighted by Crippen LogP contribution is 2.28. The predicted octanol–water partition coefficient (Wildman–Crippen LogP) is 0.218. The van der Waals surface area contributed by atoms with Crippen LogP contribution in [0.25, 0.3) is 11.2 Å². The molecule has 1 aliphatic heterocycles. The van der Waals surface area contributed by atoms with Crippen molar-refractivity contribution in [3.63, 3.8) is 0 Å². The van der Waals surface area contributed by atoms with Gasteiger partial charge in [-0.3, -0.25) is 9.69 Å². The number of nitrogens with zero attached hydrogens (tertiary/aromatic N) is 4. The van der Waals surface area contributed by atoms with Crippen LogP contribution in [-0.2, 0) is 4.79 Å². The number of aromatic amines is 1. The first-order valence-electron chi connectivity index (χ1n) is 5.57. The molecule has 94 valence electrons. The van der Waals surface area contributed by atoms with Crippen molar-refractivity contribution in [3.8, 4) is 0 Å². The summed E-state index contributed by atoms with van der Waals surface area (Å²) in [6.45, 7) is 0.604. The van der Waals surface area contributed by atoms with E-state index in [9.17, 15) is 4.79 Å². The number of nitrogens with two attached hydrogens (primary N) is 1. The molecule has 0 aromatic carbocycles. The van der Waals surface area contributed by atoms with Crippen LogP contribution in [0.1, 0.15) is 6.42 Å². The molecule has 3 N–H and O–H groups in total. The quantitative estimate of drug-likeness (QED) is 0.673.